The smallest absolute Gasteiger partial charge is 0.246 e. The van der Waals surface area contributed by atoms with Crippen molar-refractivity contribution in [1.82, 2.24) is 24.4 Å². The van der Waals surface area contributed by atoms with Crippen LogP contribution in [0.2, 0.25) is 0 Å². The monoisotopic (exact) mass is 387 g/mol. The highest BCUT2D eigenvalue weighted by Crippen LogP contribution is 2.36. The molecule has 1 amide bonds. The van der Waals surface area contributed by atoms with E-state index in [2.05, 4.69) is 32.6 Å². The number of aromatic nitrogens is 5. The number of amides is 1. The van der Waals surface area contributed by atoms with Crippen molar-refractivity contribution in [1.29, 1.82) is 0 Å². The number of hydrogen-bond acceptors (Lipinski definition) is 5. The first-order valence-corrected chi connectivity index (χ1v) is 9.68. The van der Waals surface area contributed by atoms with Crippen molar-refractivity contribution in [3.8, 4) is 11.1 Å². The van der Waals surface area contributed by atoms with E-state index in [9.17, 15) is 4.79 Å². The number of carbonyl (C=O) groups excluding carboxylic acids is 1. The molecule has 1 aromatic carbocycles. The highest BCUT2D eigenvalue weighted by atomic mass is 16.2. The molecule has 3 N–H and O–H groups in total. The van der Waals surface area contributed by atoms with Gasteiger partial charge in [-0.15, -0.1) is 5.10 Å². The Bertz CT molecular complexity index is 1170. The van der Waals surface area contributed by atoms with E-state index in [4.69, 9.17) is 5.73 Å². The molecule has 3 aromatic heterocycles. The predicted molar refractivity (Wildman–Crippen MR) is 110 cm³/mol. The van der Waals surface area contributed by atoms with Crippen LogP contribution >= 0.6 is 0 Å². The molecule has 3 heterocycles. The minimum atomic E-state index is -0.114. The van der Waals surface area contributed by atoms with Crippen LogP contribution < -0.4 is 11.1 Å². The molecule has 146 valence electrons. The average Bonchev–Trinajstić information content (AvgIpc) is 3.26. The highest BCUT2D eigenvalue weighted by molar-refractivity contribution is 5.90. The number of nitrogens with one attached hydrogen (secondary N) is 1. The van der Waals surface area contributed by atoms with Crippen molar-refractivity contribution in [2.45, 2.75) is 31.7 Å². The Morgan fingerprint density at radius 1 is 1.17 bits per heavy atom. The number of rotatable bonds is 5. The van der Waals surface area contributed by atoms with E-state index >= 15 is 0 Å². The van der Waals surface area contributed by atoms with E-state index in [0.717, 1.165) is 16.8 Å². The van der Waals surface area contributed by atoms with Crippen molar-refractivity contribution in [3.05, 3.63) is 60.6 Å². The fourth-order valence-corrected chi connectivity index (χ4v) is 3.61. The lowest BCUT2D eigenvalue weighted by atomic mass is 9.80. The fourth-order valence-electron chi connectivity index (χ4n) is 3.61. The number of fused-ring (bicyclic) bond motifs is 1. The van der Waals surface area contributed by atoms with E-state index in [1.54, 1.807) is 21.6 Å². The zero-order chi connectivity index (χ0) is 19.8. The number of pyridine rings is 1. The maximum absolute atomic E-state index is 12.4. The Labute approximate surface area is 167 Å². The van der Waals surface area contributed by atoms with Crippen LogP contribution in [0, 0.1) is 0 Å². The molecule has 0 bridgehead atoms. The Morgan fingerprint density at radius 3 is 2.76 bits per heavy atom. The summed E-state index contributed by atoms with van der Waals surface area (Å²) in [7, 11) is 0. The van der Waals surface area contributed by atoms with Crippen LogP contribution in [0.15, 0.2) is 55.0 Å². The van der Waals surface area contributed by atoms with Crippen LogP contribution in [0.25, 0.3) is 16.8 Å². The van der Waals surface area contributed by atoms with Crippen LogP contribution in [0.5, 0.6) is 0 Å². The second kappa shape index (κ2) is 7.05. The number of carbonyl (C=O) groups is 1. The zero-order valence-corrected chi connectivity index (χ0v) is 15.8. The van der Waals surface area contributed by atoms with Gasteiger partial charge >= 0.3 is 0 Å². The predicted octanol–water partition coefficient (Wildman–Crippen LogP) is 3.08. The maximum Gasteiger partial charge on any atom is 0.246 e. The van der Waals surface area contributed by atoms with Gasteiger partial charge in [-0.1, -0.05) is 18.6 Å². The molecule has 1 aliphatic rings. The molecule has 0 unspecified atom stereocenters. The Hall–Kier alpha value is -3.68. The van der Waals surface area contributed by atoms with Gasteiger partial charge in [0, 0.05) is 23.6 Å². The molecule has 1 aliphatic carbocycles. The van der Waals surface area contributed by atoms with Gasteiger partial charge < -0.3 is 11.1 Å². The molecule has 29 heavy (non-hydrogen) atoms. The number of nitrogen functional groups attached to an aromatic ring is 1. The Balaban J connectivity index is 1.24. The lowest BCUT2D eigenvalue weighted by Crippen LogP contribution is -2.19. The molecule has 0 atom stereocenters. The lowest BCUT2D eigenvalue weighted by molar-refractivity contribution is -0.116. The van der Waals surface area contributed by atoms with E-state index in [1.165, 1.54) is 24.8 Å². The number of nitrogens with zero attached hydrogens (tertiary/aromatic N) is 5. The summed E-state index contributed by atoms with van der Waals surface area (Å²) >= 11 is 0. The molecule has 0 spiro atoms. The lowest BCUT2D eigenvalue weighted by Gasteiger charge is -2.25. The molecule has 8 heteroatoms. The highest BCUT2D eigenvalue weighted by Gasteiger charge is 2.19. The third kappa shape index (κ3) is 3.56. The summed E-state index contributed by atoms with van der Waals surface area (Å²) in [5.41, 5.74) is 10.3. The first-order chi connectivity index (χ1) is 14.1. The van der Waals surface area contributed by atoms with Crippen LogP contribution in [-0.2, 0) is 11.3 Å². The normalized spacial score (nSPS) is 14.1. The molecule has 0 aliphatic heterocycles. The largest absolute Gasteiger partial charge is 0.366 e. The van der Waals surface area contributed by atoms with E-state index < -0.39 is 0 Å². The minimum Gasteiger partial charge on any atom is -0.366 e. The SMILES string of the molecule is Nc1nc2cc(-c3cnn(CC(=O)Nc4ccc(C5CCC5)cc4)c3)ccn2n1. The van der Waals surface area contributed by atoms with Gasteiger partial charge in [0.2, 0.25) is 11.9 Å². The summed E-state index contributed by atoms with van der Waals surface area (Å²) in [4.78, 5) is 16.5. The molecule has 5 rings (SSSR count). The summed E-state index contributed by atoms with van der Waals surface area (Å²) in [5, 5.41) is 11.3. The fraction of sp³-hybridized carbons (Fsp3) is 0.238. The summed E-state index contributed by atoms with van der Waals surface area (Å²) in [6.07, 6.45) is 9.22. The third-order valence-electron chi connectivity index (χ3n) is 5.40. The number of anilines is 2. The number of nitrogens with two attached hydrogens (primary N) is 1. The van der Waals surface area contributed by atoms with Gasteiger partial charge in [0.1, 0.15) is 6.54 Å². The first-order valence-electron chi connectivity index (χ1n) is 9.68. The molecule has 0 saturated heterocycles. The van der Waals surface area contributed by atoms with Crippen molar-refractivity contribution in [2.75, 3.05) is 11.1 Å². The number of hydrogen-bond donors (Lipinski definition) is 2. The van der Waals surface area contributed by atoms with Crippen molar-refractivity contribution in [3.63, 3.8) is 0 Å². The standard InChI is InChI=1S/C21H21N7O/c22-21-25-19-10-16(8-9-28(19)26-21)17-11-23-27(12-17)13-20(29)24-18-6-4-15(5-7-18)14-2-1-3-14/h4-12,14H,1-3,13H2,(H2,22,26)(H,24,29). The first kappa shape index (κ1) is 17.4. The van der Waals surface area contributed by atoms with E-state index in [-0.39, 0.29) is 18.4 Å². The Morgan fingerprint density at radius 2 is 2.00 bits per heavy atom. The van der Waals surface area contributed by atoms with Gasteiger partial charge in [-0.2, -0.15) is 10.1 Å². The second-order valence-electron chi connectivity index (χ2n) is 7.41. The summed E-state index contributed by atoms with van der Waals surface area (Å²) in [6, 6.07) is 12.0. The van der Waals surface area contributed by atoms with Crippen LogP contribution in [-0.4, -0.2) is 30.3 Å². The molecular weight excluding hydrogens is 366 g/mol. The summed E-state index contributed by atoms with van der Waals surface area (Å²) < 4.78 is 3.24. The van der Waals surface area contributed by atoms with Gasteiger partial charge in [-0.05, 0) is 54.2 Å². The van der Waals surface area contributed by atoms with Crippen molar-refractivity contribution < 1.29 is 4.79 Å². The maximum atomic E-state index is 12.4. The molecule has 4 aromatic rings. The average molecular weight is 387 g/mol. The van der Waals surface area contributed by atoms with Gasteiger partial charge in [0.25, 0.3) is 0 Å². The van der Waals surface area contributed by atoms with Crippen molar-refractivity contribution in [2.24, 2.45) is 0 Å². The van der Waals surface area contributed by atoms with Crippen LogP contribution in [0.4, 0.5) is 11.6 Å². The summed E-state index contributed by atoms with van der Waals surface area (Å²) in [5.74, 6) is 0.808. The Kier molecular flexibility index (Phi) is 4.23. The summed E-state index contributed by atoms with van der Waals surface area (Å²) in [6.45, 7) is 0.143. The second-order valence-corrected chi connectivity index (χ2v) is 7.41. The van der Waals surface area contributed by atoms with Gasteiger partial charge in [0.15, 0.2) is 5.65 Å². The molecule has 1 saturated carbocycles. The topological polar surface area (TPSA) is 103 Å². The van der Waals surface area contributed by atoms with E-state index in [1.807, 2.05) is 30.5 Å². The minimum absolute atomic E-state index is 0.114. The zero-order valence-electron chi connectivity index (χ0n) is 15.8. The van der Waals surface area contributed by atoms with Crippen molar-refractivity contribution >= 4 is 23.2 Å². The van der Waals surface area contributed by atoms with Crippen LogP contribution in [0.1, 0.15) is 30.7 Å². The van der Waals surface area contributed by atoms with Gasteiger partial charge in [0.05, 0.1) is 6.20 Å². The van der Waals surface area contributed by atoms with Crippen LogP contribution in [0.3, 0.4) is 0 Å². The molecule has 8 nitrogen and oxygen atoms in total. The van der Waals surface area contributed by atoms with Gasteiger partial charge in [-0.25, -0.2) is 4.52 Å². The molecular formula is C21H21N7O. The number of benzene rings is 1. The molecule has 1 fully saturated rings. The van der Waals surface area contributed by atoms with E-state index in [0.29, 0.717) is 11.6 Å². The van der Waals surface area contributed by atoms with Gasteiger partial charge in [-0.3, -0.25) is 9.48 Å². The third-order valence-corrected chi connectivity index (χ3v) is 5.40. The molecule has 0 radical (unpaired) electrons. The quantitative estimate of drug-likeness (QED) is 0.548.